The quantitative estimate of drug-likeness (QED) is 0.883. The Hall–Kier alpha value is -2.28. The molecule has 1 aromatic carbocycles. The highest BCUT2D eigenvalue weighted by atomic mass is 32.2. The summed E-state index contributed by atoms with van der Waals surface area (Å²) in [6, 6.07) is 7.44. The predicted molar refractivity (Wildman–Crippen MR) is 94.4 cm³/mol. The number of aryl methyl sites for hydroxylation is 2. The molecule has 0 fully saturated rings. The lowest BCUT2D eigenvalue weighted by Gasteiger charge is -2.32. The minimum Gasteiger partial charge on any atom is -0.481 e. The van der Waals surface area contributed by atoms with Crippen molar-refractivity contribution >= 4 is 23.6 Å². The van der Waals surface area contributed by atoms with Crippen LogP contribution in [0.3, 0.4) is 0 Å². The molecule has 1 aliphatic rings. The highest BCUT2D eigenvalue weighted by Crippen LogP contribution is 2.29. The Kier molecular flexibility index (Phi) is 5.13. The summed E-state index contributed by atoms with van der Waals surface area (Å²) in [6.07, 6.45) is 0. The van der Waals surface area contributed by atoms with Crippen molar-refractivity contribution in [3.05, 3.63) is 52.4 Å². The zero-order valence-electron chi connectivity index (χ0n) is 14.2. The summed E-state index contributed by atoms with van der Waals surface area (Å²) >= 11 is 1.49. The highest BCUT2D eigenvalue weighted by Gasteiger charge is 2.32. The number of benzene rings is 1. The van der Waals surface area contributed by atoms with Gasteiger partial charge < -0.3 is 14.5 Å². The average Bonchev–Trinajstić information content (AvgIpc) is 2.92. The normalized spacial score (nSPS) is 16.6. The Balaban J connectivity index is 1.64. The second-order valence-corrected chi connectivity index (χ2v) is 7.15. The molecule has 0 radical (unpaired) electrons. The highest BCUT2D eigenvalue weighted by molar-refractivity contribution is 7.99. The van der Waals surface area contributed by atoms with Crippen LogP contribution in [0.2, 0.25) is 0 Å². The first kappa shape index (κ1) is 17.5. The first-order valence-corrected chi connectivity index (χ1v) is 9.20. The van der Waals surface area contributed by atoms with E-state index in [1.165, 1.54) is 11.8 Å². The molecule has 6 nitrogen and oxygen atoms in total. The lowest BCUT2D eigenvalue weighted by molar-refractivity contribution is -0.140. The van der Waals surface area contributed by atoms with Gasteiger partial charge >= 0.3 is 5.97 Å². The van der Waals surface area contributed by atoms with Crippen LogP contribution in [0, 0.1) is 13.8 Å². The van der Waals surface area contributed by atoms with Crippen molar-refractivity contribution in [1.29, 1.82) is 0 Å². The van der Waals surface area contributed by atoms with E-state index in [0.717, 1.165) is 28.1 Å². The van der Waals surface area contributed by atoms with Gasteiger partial charge in [-0.25, -0.2) is 0 Å². The number of aromatic nitrogens is 1. The number of rotatable bonds is 5. The Morgan fingerprint density at radius 2 is 2.12 bits per heavy atom. The summed E-state index contributed by atoms with van der Waals surface area (Å²) in [7, 11) is 0. The number of nitrogens with zero attached hydrogens (tertiary/aromatic N) is 2. The molecule has 0 aliphatic carbocycles. The molecule has 0 bridgehead atoms. The first-order chi connectivity index (χ1) is 12.0. The molecule has 1 unspecified atom stereocenters. The van der Waals surface area contributed by atoms with E-state index >= 15 is 0 Å². The number of carbonyl (C=O) groups is 2. The van der Waals surface area contributed by atoms with Crippen molar-refractivity contribution < 1.29 is 19.2 Å². The average molecular weight is 360 g/mol. The van der Waals surface area contributed by atoms with E-state index in [4.69, 9.17) is 4.52 Å². The maximum atomic E-state index is 12.5. The smallest absolute Gasteiger partial charge is 0.312 e. The first-order valence-electron chi connectivity index (χ1n) is 8.05. The van der Waals surface area contributed by atoms with Crippen molar-refractivity contribution in [1.82, 2.24) is 10.1 Å². The third-order valence-corrected chi connectivity index (χ3v) is 5.44. The number of thioether (sulfide) groups is 1. The molecule has 0 saturated heterocycles. The number of aliphatic carboxylic acids is 1. The molecule has 0 spiro atoms. The minimum atomic E-state index is -0.895. The van der Waals surface area contributed by atoms with Crippen LogP contribution in [0.15, 0.2) is 28.8 Å². The van der Waals surface area contributed by atoms with Crippen LogP contribution in [0.25, 0.3) is 0 Å². The number of hydrogen-bond acceptors (Lipinski definition) is 5. The molecule has 1 N–H and O–H groups in total. The number of carboxylic acid groups (broad SMARTS) is 1. The van der Waals surface area contributed by atoms with Gasteiger partial charge in [0.2, 0.25) is 5.91 Å². The maximum Gasteiger partial charge on any atom is 0.312 e. The zero-order chi connectivity index (χ0) is 18.0. The fourth-order valence-corrected chi connectivity index (χ4v) is 4.12. The van der Waals surface area contributed by atoms with Crippen LogP contribution in [-0.2, 0) is 21.9 Å². The molecule has 2 heterocycles. The molecule has 1 aliphatic heterocycles. The zero-order valence-corrected chi connectivity index (χ0v) is 15.0. The van der Waals surface area contributed by atoms with Crippen LogP contribution in [0.5, 0.6) is 0 Å². The van der Waals surface area contributed by atoms with Gasteiger partial charge in [-0.15, -0.1) is 11.8 Å². The van der Waals surface area contributed by atoms with Crippen molar-refractivity contribution in [3.8, 4) is 0 Å². The fourth-order valence-electron chi connectivity index (χ4n) is 3.05. The second-order valence-electron chi connectivity index (χ2n) is 6.16. The number of amides is 1. The summed E-state index contributed by atoms with van der Waals surface area (Å²) in [5.41, 5.74) is 3.58. The summed E-state index contributed by atoms with van der Waals surface area (Å²) in [5.74, 6) is 0.126. The number of fused-ring (bicyclic) bond motifs is 1. The molecule has 7 heteroatoms. The van der Waals surface area contributed by atoms with Crippen LogP contribution in [-0.4, -0.2) is 39.3 Å². The summed E-state index contributed by atoms with van der Waals surface area (Å²) in [4.78, 5) is 25.8. The van der Waals surface area contributed by atoms with Crippen LogP contribution >= 0.6 is 11.8 Å². The fraction of sp³-hybridized carbons (Fsp3) is 0.389. The van der Waals surface area contributed by atoms with E-state index in [-0.39, 0.29) is 12.5 Å². The molecule has 2 aromatic rings. The van der Waals surface area contributed by atoms with Gasteiger partial charge in [-0.2, -0.15) is 0 Å². The standard InChI is InChI=1S/C18H20N2O4S/c1-11-16(12(2)24-19-11)9-25-10-17(21)20-7-13-5-3-4-6-14(13)15(8-20)18(22)23/h3-6,15H,7-10H2,1-2H3,(H,22,23). The largest absolute Gasteiger partial charge is 0.481 e. The lowest BCUT2D eigenvalue weighted by Crippen LogP contribution is -2.41. The van der Waals surface area contributed by atoms with Gasteiger partial charge in [0, 0.05) is 24.4 Å². The van der Waals surface area contributed by atoms with E-state index in [0.29, 0.717) is 18.1 Å². The van der Waals surface area contributed by atoms with Gasteiger partial charge in [0.15, 0.2) is 0 Å². The van der Waals surface area contributed by atoms with Gasteiger partial charge in [-0.1, -0.05) is 29.4 Å². The molecule has 132 valence electrons. The number of carboxylic acids is 1. The van der Waals surface area contributed by atoms with Crippen LogP contribution in [0.4, 0.5) is 0 Å². The Morgan fingerprint density at radius 1 is 1.36 bits per heavy atom. The molecule has 1 aromatic heterocycles. The van der Waals surface area contributed by atoms with Crippen molar-refractivity contribution in [2.45, 2.75) is 32.1 Å². The van der Waals surface area contributed by atoms with Crippen molar-refractivity contribution in [2.75, 3.05) is 12.3 Å². The summed E-state index contributed by atoms with van der Waals surface area (Å²) in [6.45, 7) is 4.42. The van der Waals surface area contributed by atoms with E-state index in [2.05, 4.69) is 5.16 Å². The summed E-state index contributed by atoms with van der Waals surface area (Å²) < 4.78 is 5.12. The third-order valence-electron chi connectivity index (χ3n) is 4.50. The molecular weight excluding hydrogens is 340 g/mol. The third kappa shape index (κ3) is 3.71. The van der Waals surface area contributed by atoms with Gasteiger partial charge in [0.25, 0.3) is 0 Å². The monoisotopic (exact) mass is 360 g/mol. The van der Waals surface area contributed by atoms with Crippen molar-refractivity contribution in [3.63, 3.8) is 0 Å². The Bertz CT molecular complexity index is 783. The van der Waals surface area contributed by atoms with Crippen molar-refractivity contribution in [2.24, 2.45) is 0 Å². The van der Waals surface area contributed by atoms with Crippen LogP contribution < -0.4 is 0 Å². The minimum absolute atomic E-state index is 0.0440. The maximum absolute atomic E-state index is 12.5. The Labute approximate surface area is 150 Å². The van der Waals surface area contributed by atoms with E-state index in [1.807, 2.05) is 38.1 Å². The number of carbonyl (C=O) groups excluding carboxylic acids is 1. The lowest BCUT2D eigenvalue weighted by atomic mass is 9.90. The van der Waals surface area contributed by atoms with Gasteiger partial charge in [-0.05, 0) is 25.0 Å². The molecule has 1 atom stereocenters. The molecule has 3 rings (SSSR count). The van der Waals surface area contributed by atoms with Crippen LogP contribution in [0.1, 0.15) is 34.1 Å². The summed E-state index contributed by atoms with van der Waals surface area (Å²) in [5, 5.41) is 13.4. The van der Waals surface area contributed by atoms with E-state index < -0.39 is 11.9 Å². The van der Waals surface area contributed by atoms with Gasteiger partial charge in [0.1, 0.15) is 5.76 Å². The topological polar surface area (TPSA) is 83.6 Å². The Morgan fingerprint density at radius 3 is 2.80 bits per heavy atom. The second kappa shape index (κ2) is 7.31. The molecular formula is C18H20N2O4S. The molecule has 0 saturated carbocycles. The molecule has 25 heavy (non-hydrogen) atoms. The predicted octanol–water partition coefficient (Wildman–Crippen LogP) is 2.74. The van der Waals surface area contributed by atoms with E-state index in [1.54, 1.807) is 4.90 Å². The SMILES string of the molecule is Cc1noc(C)c1CSCC(=O)N1Cc2ccccc2C(C(=O)O)C1. The van der Waals surface area contributed by atoms with Gasteiger partial charge in [-0.3, -0.25) is 9.59 Å². The van der Waals surface area contributed by atoms with E-state index in [9.17, 15) is 14.7 Å². The van der Waals surface area contributed by atoms with Gasteiger partial charge in [0.05, 0.1) is 17.4 Å². The molecule has 1 amide bonds. The number of hydrogen-bond donors (Lipinski definition) is 1.